The minimum Gasteiger partial charge on any atom is -0.370 e. The first kappa shape index (κ1) is 17.3. The number of nitrogens with two attached hydrogens (primary N) is 1. The molecule has 0 heterocycles. The largest absolute Gasteiger partial charge is 0.370 e. The monoisotopic (exact) mass is 295 g/mol. The van der Waals surface area contributed by atoms with Gasteiger partial charge in [-0.05, 0) is 38.4 Å². The normalized spacial score (nSPS) is 11.4. The number of likely N-dealkylation sites (N-methyl/N-ethyl adjacent to an activating group) is 1. The molecule has 0 spiro atoms. The second-order valence-electron chi connectivity index (χ2n) is 5.81. The molecule has 0 aliphatic carbocycles. The van der Waals surface area contributed by atoms with Gasteiger partial charge in [-0.15, -0.1) is 11.8 Å². The van der Waals surface area contributed by atoms with Crippen molar-refractivity contribution in [1.29, 1.82) is 0 Å². The molecule has 0 fully saturated rings. The van der Waals surface area contributed by atoms with E-state index in [9.17, 15) is 0 Å². The maximum Gasteiger partial charge on any atom is 0.0423 e. The molecule has 1 aromatic carbocycles. The molecular formula is C16H29N3S. The second kappa shape index (κ2) is 8.55. The smallest absolute Gasteiger partial charge is 0.0423 e. The Labute approximate surface area is 128 Å². The highest BCUT2D eigenvalue weighted by Crippen LogP contribution is 2.29. The van der Waals surface area contributed by atoms with Gasteiger partial charge in [0.1, 0.15) is 0 Å². The molecule has 0 atom stereocenters. The summed E-state index contributed by atoms with van der Waals surface area (Å²) in [6.07, 6.45) is 2.12. The van der Waals surface area contributed by atoms with Gasteiger partial charge in [0.25, 0.3) is 0 Å². The molecule has 4 heteroatoms. The van der Waals surface area contributed by atoms with Crippen LogP contribution in [0, 0.1) is 5.92 Å². The summed E-state index contributed by atoms with van der Waals surface area (Å²) in [6.45, 7) is 8.30. The maximum absolute atomic E-state index is 6.00. The van der Waals surface area contributed by atoms with Crippen LogP contribution in [0.2, 0.25) is 0 Å². The zero-order valence-corrected chi connectivity index (χ0v) is 14.3. The first-order valence-electron chi connectivity index (χ1n) is 7.25. The molecule has 0 aromatic heterocycles. The summed E-state index contributed by atoms with van der Waals surface area (Å²) >= 11 is 1.78. The van der Waals surface area contributed by atoms with Crippen molar-refractivity contribution in [3.63, 3.8) is 0 Å². The van der Waals surface area contributed by atoms with Gasteiger partial charge in [-0.3, -0.25) is 0 Å². The Hall–Kier alpha value is -0.710. The topological polar surface area (TPSA) is 32.5 Å². The molecule has 1 aromatic rings. The van der Waals surface area contributed by atoms with Gasteiger partial charge in [-0.2, -0.15) is 0 Å². The quantitative estimate of drug-likeness (QED) is 0.748. The van der Waals surface area contributed by atoms with Crippen molar-refractivity contribution in [2.24, 2.45) is 11.7 Å². The van der Waals surface area contributed by atoms with E-state index in [0.717, 1.165) is 19.6 Å². The van der Waals surface area contributed by atoms with Crippen LogP contribution in [-0.2, 0) is 6.54 Å². The Bertz CT molecular complexity index is 405. The predicted octanol–water partition coefficient (Wildman–Crippen LogP) is 2.89. The average Bonchev–Trinajstić information content (AvgIpc) is 2.41. The second-order valence-corrected chi connectivity index (χ2v) is 6.65. The van der Waals surface area contributed by atoms with Crippen molar-refractivity contribution in [3.05, 3.63) is 23.8 Å². The van der Waals surface area contributed by atoms with Crippen LogP contribution in [0.25, 0.3) is 0 Å². The molecule has 0 saturated heterocycles. The lowest BCUT2D eigenvalue weighted by molar-refractivity contribution is 0.409. The van der Waals surface area contributed by atoms with E-state index in [-0.39, 0.29) is 0 Å². The van der Waals surface area contributed by atoms with E-state index in [1.54, 1.807) is 11.8 Å². The number of thioether (sulfide) groups is 1. The minimum absolute atomic E-state index is 0.600. The van der Waals surface area contributed by atoms with Gasteiger partial charge < -0.3 is 15.5 Å². The molecule has 0 aliphatic rings. The van der Waals surface area contributed by atoms with Crippen molar-refractivity contribution in [2.75, 3.05) is 44.9 Å². The third kappa shape index (κ3) is 5.00. The first-order chi connectivity index (χ1) is 9.49. The third-order valence-corrected chi connectivity index (χ3v) is 4.10. The van der Waals surface area contributed by atoms with Crippen molar-refractivity contribution >= 4 is 17.4 Å². The van der Waals surface area contributed by atoms with Crippen molar-refractivity contribution in [2.45, 2.75) is 25.3 Å². The standard InChI is InChI=1S/C16H29N3S/c1-13(2)12-19(10-9-18(3)4)15-7-6-8-16(20-5)14(15)11-17/h6-8,13H,9-12,17H2,1-5H3. The fraction of sp³-hybridized carbons (Fsp3) is 0.625. The van der Waals surface area contributed by atoms with Gasteiger partial charge in [-0.25, -0.2) is 0 Å². The van der Waals surface area contributed by atoms with Gasteiger partial charge in [0.15, 0.2) is 0 Å². The number of rotatable bonds is 8. The average molecular weight is 295 g/mol. The molecule has 0 radical (unpaired) electrons. The highest BCUT2D eigenvalue weighted by molar-refractivity contribution is 7.98. The van der Waals surface area contributed by atoms with E-state index in [2.05, 4.69) is 62.2 Å². The summed E-state index contributed by atoms with van der Waals surface area (Å²) in [4.78, 5) is 6.00. The summed E-state index contributed by atoms with van der Waals surface area (Å²) in [6, 6.07) is 6.51. The zero-order valence-electron chi connectivity index (χ0n) is 13.5. The van der Waals surface area contributed by atoms with Crippen LogP contribution < -0.4 is 10.6 Å². The molecule has 20 heavy (non-hydrogen) atoms. The zero-order chi connectivity index (χ0) is 15.1. The third-order valence-electron chi connectivity index (χ3n) is 3.28. The van der Waals surface area contributed by atoms with E-state index in [1.165, 1.54) is 16.1 Å². The van der Waals surface area contributed by atoms with E-state index in [0.29, 0.717) is 12.5 Å². The highest BCUT2D eigenvalue weighted by atomic mass is 32.2. The Balaban J connectivity index is 3.05. The number of nitrogens with zero attached hydrogens (tertiary/aromatic N) is 2. The summed E-state index contributed by atoms with van der Waals surface area (Å²) in [5.41, 5.74) is 8.58. The predicted molar refractivity (Wildman–Crippen MR) is 91.7 cm³/mol. The summed E-state index contributed by atoms with van der Waals surface area (Å²) < 4.78 is 0. The Morgan fingerprint density at radius 3 is 2.40 bits per heavy atom. The molecule has 1 rings (SSSR count). The van der Waals surface area contributed by atoms with Crippen LogP contribution >= 0.6 is 11.8 Å². The first-order valence-corrected chi connectivity index (χ1v) is 8.47. The molecule has 0 aliphatic heterocycles. The number of hydrogen-bond donors (Lipinski definition) is 1. The number of hydrogen-bond acceptors (Lipinski definition) is 4. The van der Waals surface area contributed by atoms with Gasteiger partial charge in [0.2, 0.25) is 0 Å². The Morgan fingerprint density at radius 2 is 1.90 bits per heavy atom. The van der Waals surface area contributed by atoms with E-state index >= 15 is 0 Å². The van der Waals surface area contributed by atoms with Crippen molar-refractivity contribution in [3.8, 4) is 0 Å². The van der Waals surface area contributed by atoms with Gasteiger partial charge >= 0.3 is 0 Å². The van der Waals surface area contributed by atoms with Crippen molar-refractivity contribution in [1.82, 2.24) is 4.90 Å². The molecule has 0 saturated carbocycles. The molecule has 3 nitrogen and oxygen atoms in total. The summed E-state index contributed by atoms with van der Waals surface area (Å²) in [5.74, 6) is 0.640. The van der Waals surface area contributed by atoms with E-state index in [1.807, 2.05) is 0 Å². The summed E-state index contributed by atoms with van der Waals surface area (Å²) in [5, 5.41) is 0. The van der Waals surface area contributed by atoms with Crippen LogP contribution in [-0.4, -0.2) is 44.9 Å². The van der Waals surface area contributed by atoms with Crippen LogP contribution in [0.5, 0.6) is 0 Å². The van der Waals surface area contributed by atoms with E-state index in [4.69, 9.17) is 5.73 Å². The number of benzene rings is 1. The SMILES string of the molecule is CSc1cccc(N(CCN(C)C)CC(C)C)c1CN. The fourth-order valence-corrected chi connectivity index (χ4v) is 2.97. The van der Waals surface area contributed by atoms with Gasteiger partial charge in [-0.1, -0.05) is 19.9 Å². The van der Waals surface area contributed by atoms with Crippen LogP contribution in [0.4, 0.5) is 5.69 Å². The summed E-state index contributed by atoms with van der Waals surface area (Å²) in [7, 11) is 4.24. The molecule has 0 amide bonds. The minimum atomic E-state index is 0.600. The Kier molecular flexibility index (Phi) is 7.41. The molecular weight excluding hydrogens is 266 g/mol. The number of anilines is 1. The van der Waals surface area contributed by atoms with Crippen LogP contribution in [0.1, 0.15) is 19.4 Å². The lowest BCUT2D eigenvalue weighted by Crippen LogP contribution is -2.35. The lowest BCUT2D eigenvalue weighted by Gasteiger charge is -2.30. The Morgan fingerprint density at radius 1 is 1.20 bits per heavy atom. The highest BCUT2D eigenvalue weighted by Gasteiger charge is 2.14. The van der Waals surface area contributed by atoms with Crippen LogP contribution in [0.3, 0.4) is 0 Å². The van der Waals surface area contributed by atoms with E-state index < -0.39 is 0 Å². The molecule has 2 N–H and O–H groups in total. The molecule has 0 bridgehead atoms. The maximum atomic E-state index is 6.00. The van der Waals surface area contributed by atoms with Gasteiger partial charge in [0.05, 0.1) is 0 Å². The molecule has 0 unspecified atom stereocenters. The van der Waals surface area contributed by atoms with Crippen molar-refractivity contribution < 1.29 is 0 Å². The lowest BCUT2D eigenvalue weighted by atomic mass is 10.1. The molecule has 114 valence electrons. The fourth-order valence-electron chi connectivity index (χ4n) is 2.32. The van der Waals surface area contributed by atoms with Crippen LogP contribution in [0.15, 0.2) is 23.1 Å². The van der Waals surface area contributed by atoms with Gasteiger partial charge in [0, 0.05) is 42.3 Å².